The molecule has 0 aliphatic rings. The number of ether oxygens (including phenoxy) is 1. The minimum Gasteiger partial charge on any atom is -0.467 e. The lowest BCUT2D eigenvalue weighted by Crippen LogP contribution is -2.43. The summed E-state index contributed by atoms with van der Waals surface area (Å²) in [5, 5.41) is 4.99. The van der Waals surface area contributed by atoms with Crippen molar-refractivity contribution in [2.45, 2.75) is 44.9 Å². The molecule has 0 spiro atoms. The summed E-state index contributed by atoms with van der Waals surface area (Å²) >= 11 is 6.46. The van der Waals surface area contributed by atoms with Gasteiger partial charge in [-0.15, -0.1) is 0 Å². The van der Waals surface area contributed by atoms with Crippen molar-refractivity contribution in [1.29, 1.82) is 0 Å². The van der Waals surface area contributed by atoms with Crippen LogP contribution in [-0.2, 0) is 23.0 Å². The first-order valence-electron chi connectivity index (χ1n) is 13.6. The predicted molar refractivity (Wildman–Crippen MR) is 159 cm³/mol. The predicted octanol–water partition coefficient (Wildman–Crippen LogP) is 6.11. The molecule has 0 radical (unpaired) electrons. The first kappa shape index (κ1) is 33.4. The molecule has 0 saturated carbocycles. The molecule has 0 aliphatic carbocycles. The maximum Gasteiger partial charge on any atom is 0.408 e. The molecule has 2 N–H and O–H groups in total. The van der Waals surface area contributed by atoms with Gasteiger partial charge in [0.25, 0.3) is 11.5 Å². The fourth-order valence-corrected chi connectivity index (χ4v) is 5.25. The number of hydrogen-bond donors (Lipinski definition) is 2. The third kappa shape index (κ3) is 6.93. The average Bonchev–Trinajstić information content (AvgIpc) is 2.97. The number of anilines is 1. The highest BCUT2D eigenvalue weighted by Gasteiger charge is 2.38. The van der Waals surface area contributed by atoms with Crippen LogP contribution < -0.4 is 16.2 Å². The number of hydrogen-bond acceptors (Lipinski definition) is 6. The third-order valence-corrected chi connectivity index (χ3v) is 7.68. The average molecular weight is 651 g/mol. The molecular weight excluding hydrogens is 623 g/mol. The Balaban J connectivity index is 1.68. The molecule has 0 saturated heterocycles. The van der Waals surface area contributed by atoms with E-state index in [1.54, 1.807) is 44.3 Å². The number of benzene rings is 2. The second-order valence-electron chi connectivity index (χ2n) is 10.3. The van der Waals surface area contributed by atoms with Crippen LogP contribution in [0.3, 0.4) is 0 Å². The Morgan fingerprint density at radius 1 is 1.11 bits per heavy atom. The van der Waals surface area contributed by atoms with Gasteiger partial charge in [0.1, 0.15) is 29.3 Å². The lowest BCUT2D eigenvalue weighted by atomic mass is 9.95. The molecule has 0 unspecified atom stereocenters. The highest BCUT2D eigenvalue weighted by Crippen LogP contribution is 2.33. The standard InChI is InChI=1S/C31H28ClF5N4O4/c1-5-24(31(35,36)37)39-17-13-21(33)26(22(34)14-17)28(42)40-23(30(44)45-4)12-16-8-9-19(27-18(16)7-6-10-38-27)25-20(32)11-15(2)41(3)29(25)43/h6-11,13-14,23-24,39H,5,12H2,1-4H3,(H,40,42)/t23-,24+/m0/s1. The summed E-state index contributed by atoms with van der Waals surface area (Å²) in [6, 6.07) is 5.76. The van der Waals surface area contributed by atoms with E-state index in [0.717, 1.165) is 7.11 Å². The third-order valence-electron chi connectivity index (χ3n) is 7.38. The van der Waals surface area contributed by atoms with Gasteiger partial charge in [-0.25, -0.2) is 13.6 Å². The van der Waals surface area contributed by atoms with Crippen LogP contribution in [-0.4, -0.2) is 46.8 Å². The van der Waals surface area contributed by atoms with Gasteiger partial charge in [-0.05, 0) is 43.2 Å². The fourth-order valence-electron chi connectivity index (χ4n) is 4.91. The number of carbonyl (C=O) groups is 2. The van der Waals surface area contributed by atoms with Crippen molar-refractivity contribution >= 4 is 40.1 Å². The van der Waals surface area contributed by atoms with E-state index in [9.17, 15) is 36.3 Å². The van der Waals surface area contributed by atoms with E-state index in [0.29, 0.717) is 39.9 Å². The highest BCUT2D eigenvalue weighted by atomic mass is 35.5. The second-order valence-corrected chi connectivity index (χ2v) is 10.7. The molecule has 2 atom stereocenters. The van der Waals surface area contributed by atoms with Crippen molar-refractivity contribution in [1.82, 2.24) is 14.9 Å². The van der Waals surface area contributed by atoms with E-state index in [1.807, 2.05) is 5.32 Å². The van der Waals surface area contributed by atoms with E-state index in [-0.39, 0.29) is 22.6 Å². The number of alkyl halides is 3. The number of nitrogens with zero attached hydrogens (tertiary/aromatic N) is 2. The van der Waals surface area contributed by atoms with Crippen LogP contribution in [0.5, 0.6) is 0 Å². The molecule has 2 aromatic heterocycles. The van der Waals surface area contributed by atoms with Gasteiger partial charge < -0.3 is 19.9 Å². The Morgan fingerprint density at radius 3 is 2.38 bits per heavy atom. The number of esters is 1. The maximum atomic E-state index is 14.9. The zero-order chi connectivity index (χ0) is 33.2. The number of aryl methyl sites for hydroxylation is 1. The molecule has 0 aliphatic heterocycles. The SMILES string of the molecule is CC[C@@H](Nc1cc(F)c(C(=O)N[C@@H](Cc2ccc(-c3c(Cl)cc(C)n(C)c3=O)c3ncccc23)C(=O)OC)c(F)c1)C(F)(F)F. The lowest BCUT2D eigenvalue weighted by molar-refractivity contribution is -0.143. The van der Waals surface area contributed by atoms with Gasteiger partial charge >= 0.3 is 12.1 Å². The number of aromatic nitrogens is 2. The zero-order valence-corrected chi connectivity index (χ0v) is 25.2. The molecule has 14 heteroatoms. The Hall–Kier alpha value is -4.52. The van der Waals surface area contributed by atoms with Gasteiger partial charge in [0, 0.05) is 42.0 Å². The van der Waals surface area contributed by atoms with E-state index >= 15 is 0 Å². The summed E-state index contributed by atoms with van der Waals surface area (Å²) < 4.78 is 75.5. The quantitative estimate of drug-likeness (QED) is 0.168. The molecule has 4 rings (SSSR count). The zero-order valence-electron chi connectivity index (χ0n) is 24.5. The van der Waals surface area contributed by atoms with Crippen molar-refractivity contribution in [3.63, 3.8) is 0 Å². The van der Waals surface area contributed by atoms with E-state index in [4.69, 9.17) is 16.3 Å². The van der Waals surface area contributed by atoms with E-state index in [2.05, 4.69) is 10.3 Å². The largest absolute Gasteiger partial charge is 0.467 e. The van der Waals surface area contributed by atoms with Crippen LogP contribution in [0, 0.1) is 18.6 Å². The molecule has 8 nitrogen and oxygen atoms in total. The van der Waals surface area contributed by atoms with Gasteiger partial charge in [0.05, 0.1) is 23.2 Å². The number of nitrogens with one attached hydrogen (secondary N) is 2. The summed E-state index contributed by atoms with van der Waals surface area (Å²) in [7, 11) is 2.66. The smallest absolute Gasteiger partial charge is 0.408 e. The minimum atomic E-state index is -4.68. The summed E-state index contributed by atoms with van der Waals surface area (Å²) in [4.78, 5) is 43.3. The monoisotopic (exact) mass is 650 g/mol. The van der Waals surface area contributed by atoms with Gasteiger partial charge in [0.15, 0.2) is 0 Å². The van der Waals surface area contributed by atoms with Gasteiger partial charge in [0.2, 0.25) is 0 Å². The van der Waals surface area contributed by atoms with Crippen LogP contribution in [0.1, 0.15) is 35.0 Å². The molecule has 0 bridgehead atoms. The van der Waals surface area contributed by atoms with E-state index in [1.165, 1.54) is 17.7 Å². The van der Waals surface area contributed by atoms with Crippen LogP contribution in [0.2, 0.25) is 5.02 Å². The normalized spacial score (nSPS) is 12.9. The molecule has 238 valence electrons. The van der Waals surface area contributed by atoms with Crippen molar-refractivity contribution in [2.75, 3.05) is 12.4 Å². The lowest BCUT2D eigenvalue weighted by Gasteiger charge is -2.22. The molecule has 45 heavy (non-hydrogen) atoms. The van der Waals surface area contributed by atoms with E-state index < -0.39 is 59.4 Å². The molecular formula is C31H28ClF5N4O4. The minimum absolute atomic E-state index is 0.210. The van der Waals surface area contributed by atoms with Crippen LogP contribution >= 0.6 is 11.6 Å². The molecule has 4 aromatic rings. The Bertz CT molecular complexity index is 1820. The summed E-state index contributed by atoms with van der Waals surface area (Å²) in [6.07, 6.45) is -3.79. The number of fused-ring (bicyclic) bond motifs is 1. The summed E-state index contributed by atoms with van der Waals surface area (Å²) in [5.41, 5.74) is 0.152. The number of amides is 1. The first-order valence-corrected chi connectivity index (χ1v) is 14.0. The Morgan fingerprint density at radius 2 is 1.78 bits per heavy atom. The topological polar surface area (TPSA) is 102 Å². The van der Waals surface area contributed by atoms with Crippen LogP contribution in [0.25, 0.3) is 22.0 Å². The molecule has 2 heterocycles. The number of rotatable bonds is 9. The fraction of sp³-hybridized carbons (Fsp3) is 0.290. The number of methoxy groups -OCH3 is 1. The Labute approximate surface area is 259 Å². The summed E-state index contributed by atoms with van der Waals surface area (Å²) in [6.45, 7) is 2.98. The number of carbonyl (C=O) groups excluding carboxylic acids is 2. The van der Waals surface area contributed by atoms with Gasteiger partial charge in [-0.1, -0.05) is 36.7 Å². The van der Waals surface area contributed by atoms with Crippen LogP contribution in [0.15, 0.2) is 53.5 Å². The van der Waals surface area contributed by atoms with Gasteiger partial charge in [-0.2, -0.15) is 13.2 Å². The number of pyridine rings is 2. The molecule has 2 aromatic carbocycles. The summed E-state index contributed by atoms with van der Waals surface area (Å²) in [5.74, 6) is -5.14. The van der Waals surface area contributed by atoms with Gasteiger partial charge in [-0.3, -0.25) is 14.6 Å². The molecule has 1 amide bonds. The highest BCUT2D eigenvalue weighted by molar-refractivity contribution is 6.33. The maximum absolute atomic E-state index is 14.9. The van der Waals surface area contributed by atoms with Crippen LogP contribution in [0.4, 0.5) is 27.6 Å². The number of halogens is 6. The van der Waals surface area contributed by atoms with Crippen molar-refractivity contribution in [3.05, 3.63) is 92.5 Å². The van der Waals surface area contributed by atoms with Crippen molar-refractivity contribution in [3.8, 4) is 11.1 Å². The first-order chi connectivity index (χ1) is 21.2. The van der Waals surface area contributed by atoms with Crippen molar-refractivity contribution < 1.29 is 36.3 Å². The van der Waals surface area contributed by atoms with Crippen molar-refractivity contribution in [2.24, 2.45) is 7.05 Å². The molecule has 0 fully saturated rings. The second kappa shape index (κ2) is 13.2. The Kier molecular flexibility index (Phi) is 9.81.